The van der Waals surface area contributed by atoms with Crippen LogP contribution in [-0.4, -0.2) is 67.6 Å². The van der Waals surface area contributed by atoms with Crippen molar-refractivity contribution in [3.63, 3.8) is 0 Å². The molecule has 14 heteroatoms. The number of hydrogen-bond donors (Lipinski definition) is 3. The molecule has 0 aromatic heterocycles. The predicted molar refractivity (Wildman–Crippen MR) is 139 cm³/mol. The number of hydrogen-bond acceptors (Lipinski definition) is 11. The van der Waals surface area contributed by atoms with Crippen LogP contribution in [0.1, 0.15) is 33.6 Å². The highest BCUT2D eigenvalue weighted by molar-refractivity contribution is 8.13. The van der Waals surface area contributed by atoms with Gasteiger partial charge in [0.25, 0.3) is 5.91 Å². The second-order valence-electron chi connectivity index (χ2n) is 8.58. The SMILES string of the molecule is C=C/C(=C\C=C\C[C@H](N)C(=O)OC)OP1(=O)OCC(C)(C)[C@H](C(=O)NCCC(=O)NCCSC(C)=O)O1. The van der Waals surface area contributed by atoms with Crippen molar-refractivity contribution < 1.29 is 42.1 Å². The van der Waals surface area contributed by atoms with Crippen molar-refractivity contribution in [1.82, 2.24) is 10.6 Å². The molecule has 0 bridgehead atoms. The summed E-state index contributed by atoms with van der Waals surface area (Å²) in [6.45, 7) is 8.73. The lowest BCUT2D eigenvalue weighted by Gasteiger charge is -2.39. The third-order valence-corrected chi connectivity index (χ3v) is 7.03. The molecule has 0 saturated carbocycles. The molecule has 0 radical (unpaired) electrons. The summed E-state index contributed by atoms with van der Waals surface area (Å²) < 4.78 is 33.9. The Labute approximate surface area is 221 Å². The lowest BCUT2D eigenvalue weighted by atomic mass is 9.87. The molecule has 208 valence electrons. The third kappa shape index (κ3) is 12.1. The third-order valence-electron chi connectivity index (χ3n) is 4.87. The summed E-state index contributed by atoms with van der Waals surface area (Å²) in [5.74, 6) is -0.904. The van der Waals surface area contributed by atoms with Crippen LogP contribution in [0.25, 0.3) is 0 Å². The maximum atomic E-state index is 13.1. The number of phosphoric ester groups is 1. The van der Waals surface area contributed by atoms with Crippen molar-refractivity contribution in [3.05, 3.63) is 36.6 Å². The number of nitrogens with two attached hydrogens (primary N) is 1. The zero-order chi connectivity index (χ0) is 28.1. The molecule has 1 unspecified atom stereocenters. The van der Waals surface area contributed by atoms with Crippen molar-refractivity contribution in [1.29, 1.82) is 0 Å². The fraction of sp³-hybridized carbons (Fsp3) is 0.565. The number of ether oxygens (including phenoxy) is 1. The molecule has 2 amide bonds. The van der Waals surface area contributed by atoms with E-state index in [9.17, 15) is 23.7 Å². The minimum atomic E-state index is -4.18. The van der Waals surface area contributed by atoms with Crippen molar-refractivity contribution in [2.24, 2.45) is 11.1 Å². The Kier molecular flexibility index (Phi) is 13.9. The van der Waals surface area contributed by atoms with E-state index in [1.165, 1.54) is 32.3 Å². The molecule has 1 rings (SSSR count). The number of allylic oxidation sites excluding steroid dienone is 3. The van der Waals surface area contributed by atoms with E-state index in [4.69, 9.17) is 19.3 Å². The first-order chi connectivity index (χ1) is 17.3. The Morgan fingerprint density at radius 3 is 2.59 bits per heavy atom. The zero-order valence-electron chi connectivity index (χ0n) is 21.5. The van der Waals surface area contributed by atoms with E-state index in [1.54, 1.807) is 19.9 Å². The summed E-state index contributed by atoms with van der Waals surface area (Å²) in [6, 6.07) is -0.829. The summed E-state index contributed by atoms with van der Waals surface area (Å²) in [7, 11) is -2.95. The number of rotatable bonds is 14. The molecular weight excluding hydrogens is 525 g/mol. The molecule has 3 atom stereocenters. The van der Waals surface area contributed by atoms with E-state index >= 15 is 0 Å². The van der Waals surface area contributed by atoms with Gasteiger partial charge in [0.05, 0.1) is 13.7 Å². The number of phosphoric acid groups is 1. The normalized spacial score (nSPS) is 22.1. The van der Waals surface area contributed by atoms with E-state index in [0.717, 1.165) is 11.8 Å². The first-order valence-corrected chi connectivity index (χ1v) is 13.9. The second-order valence-corrected chi connectivity index (χ2v) is 11.4. The van der Waals surface area contributed by atoms with Crippen LogP contribution < -0.4 is 16.4 Å². The molecule has 0 spiro atoms. The average Bonchev–Trinajstić information content (AvgIpc) is 2.84. The Morgan fingerprint density at radius 2 is 1.97 bits per heavy atom. The number of esters is 1. The number of carbonyl (C=O) groups is 4. The van der Waals surface area contributed by atoms with Crippen LogP contribution in [0.4, 0.5) is 0 Å². The van der Waals surface area contributed by atoms with Crippen LogP contribution >= 0.6 is 19.6 Å². The number of methoxy groups -OCH3 is 1. The van der Waals surface area contributed by atoms with Gasteiger partial charge in [-0.05, 0) is 18.6 Å². The molecule has 0 aliphatic carbocycles. The maximum absolute atomic E-state index is 13.1. The van der Waals surface area contributed by atoms with Crippen molar-refractivity contribution in [2.45, 2.75) is 45.8 Å². The Morgan fingerprint density at radius 1 is 1.27 bits per heavy atom. The van der Waals surface area contributed by atoms with Crippen LogP contribution in [0.5, 0.6) is 0 Å². The van der Waals surface area contributed by atoms with Gasteiger partial charge < -0.3 is 25.6 Å². The number of nitrogens with one attached hydrogen (secondary N) is 2. The molecule has 1 saturated heterocycles. The predicted octanol–water partition coefficient (Wildman–Crippen LogP) is 1.97. The van der Waals surface area contributed by atoms with E-state index in [-0.39, 0.29) is 42.8 Å². The number of thioether (sulfide) groups is 1. The smallest absolute Gasteiger partial charge is 0.468 e. The molecule has 0 aromatic rings. The lowest BCUT2D eigenvalue weighted by Crippen LogP contribution is -2.50. The first-order valence-electron chi connectivity index (χ1n) is 11.5. The molecule has 0 aromatic carbocycles. The van der Waals surface area contributed by atoms with Gasteiger partial charge >= 0.3 is 13.8 Å². The topological polar surface area (TPSA) is 172 Å². The van der Waals surface area contributed by atoms with Crippen LogP contribution in [0, 0.1) is 5.41 Å². The van der Waals surface area contributed by atoms with Crippen molar-refractivity contribution in [2.75, 3.05) is 32.6 Å². The van der Waals surface area contributed by atoms with Crippen LogP contribution in [-0.2, 0) is 42.1 Å². The molecule has 1 heterocycles. The summed E-state index contributed by atoms with van der Waals surface area (Å²) in [4.78, 5) is 46.9. The van der Waals surface area contributed by atoms with Gasteiger partial charge in [0.2, 0.25) is 5.91 Å². The fourth-order valence-electron chi connectivity index (χ4n) is 2.84. The highest BCUT2D eigenvalue weighted by Gasteiger charge is 2.50. The van der Waals surface area contributed by atoms with E-state index in [0.29, 0.717) is 12.3 Å². The summed E-state index contributed by atoms with van der Waals surface area (Å²) in [5, 5.41) is 5.23. The molecular formula is C23H36N3O9PS. The average molecular weight is 562 g/mol. The Balaban J connectivity index is 2.68. The fourth-order valence-corrected chi connectivity index (χ4v) is 5.01. The summed E-state index contributed by atoms with van der Waals surface area (Å²) >= 11 is 1.11. The van der Waals surface area contributed by atoms with Gasteiger partial charge in [-0.1, -0.05) is 44.3 Å². The molecule has 1 fully saturated rings. The summed E-state index contributed by atoms with van der Waals surface area (Å²) in [5.41, 5.74) is 4.81. The van der Waals surface area contributed by atoms with E-state index in [1.807, 2.05) is 0 Å². The Bertz CT molecular complexity index is 952. The van der Waals surface area contributed by atoms with E-state index < -0.39 is 37.3 Å². The van der Waals surface area contributed by atoms with Gasteiger partial charge in [0.1, 0.15) is 11.8 Å². The zero-order valence-corrected chi connectivity index (χ0v) is 23.2. The van der Waals surface area contributed by atoms with Gasteiger partial charge in [-0.25, -0.2) is 4.57 Å². The van der Waals surface area contributed by atoms with Gasteiger partial charge in [-0.3, -0.25) is 28.2 Å². The quantitative estimate of drug-likeness (QED) is 0.0930. The van der Waals surface area contributed by atoms with Gasteiger partial charge in [-0.2, -0.15) is 0 Å². The van der Waals surface area contributed by atoms with E-state index in [2.05, 4.69) is 21.9 Å². The molecule has 37 heavy (non-hydrogen) atoms. The largest absolute Gasteiger partial charge is 0.530 e. The maximum Gasteiger partial charge on any atom is 0.530 e. The van der Waals surface area contributed by atoms with Gasteiger partial charge in [0.15, 0.2) is 11.2 Å². The molecule has 1 aliphatic heterocycles. The number of amides is 2. The Hall–Kier alpha value is -2.44. The monoisotopic (exact) mass is 561 g/mol. The minimum Gasteiger partial charge on any atom is -0.468 e. The highest BCUT2D eigenvalue weighted by Crippen LogP contribution is 2.58. The molecule has 4 N–H and O–H groups in total. The molecule has 12 nitrogen and oxygen atoms in total. The minimum absolute atomic E-state index is 0.0175. The highest BCUT2D eigenvalue weighted by atomic mass is 32.2. The van der Waals surface area contributed by atoms with Crippen LogP contribution in [0.15, 0.2) is 36.6 Å². The second kappa shape index (κ2) is 15.7. The number of carbonyl (C=O) groups excluding carboxylic acids is 4. The lowest BCUT2D eigenvalue weighted by molar-refractivity contribution is -0.142. The van der Waals surface area contributed by atoms with Gasteiger partial charge in [0, 0.05) is 37.6 Å². The summed E-state index contributed by atoms with van der Waals surface area (Å²) in [6.07, 6.45) is 4.85. The van der Waals surface area contributed by atoms with Crippen LogP contribution in [0.2, 0.25) is 0 Å². The first kappa shape index (κ1) is 32.6. The van der Waals surface area contributed by atoms with Gasteiger partial charge in [-0.15, -0.1) is 0 Å². The van der Waals surface area contributed by atoms with Crippen molar-refractivity contribution in [3.8, 4) is 0 Å². The van der Waals surface area contributed by atoms with Crippen molar-refractivity contribution >= 4 is 42.5 Å². The van der Waals surface area contributed by atoms with Crippen LogP contribution in [0.3, 0.4) is 0 Å². The molecule has 1 aliphatic rings. The standard InChI is InChI=1S/C23H36N3O9PS/c1-6-17(9-7-8-10-18(24)22(30)32-5)34-36(31)33-15-23(3,4)20(35-36)21(29)26-12-11-19(28)25-13-14-37-16(2)27/h6-9,18,20H,1,10-15,24H2,2-5H3,(H,25,28)(H,26,29)/b8-7+,17-9+/t18-,20-,36?/m0/s1.